The minimum absolute atomic E-state index is 0.0132. The van der Waals surface area contributed by atoms with Crippen LogP contribution in [-0.4, -0.2) is 17.3 Å². The Morgan fingerprint density at radius 1 is 1.22 bits per heavy atom. The van der Waals surface area contributed by atoms with Gasteiger partial charge in [0, 0.05) is 18.8 Å². The summed E-state index contributed by atoms with van der Waals surface area (Å²) in [6.07, 6.45) is -0.513. The van der Waals surface area contributed by atoms with E-state index in [-0.39, 0.29) is 30.8 Å². The predicted molar refractivity (Wildman–Crippen MR) is 58.0 cm³/mol. The largest absolute Gasteiger partial charge is 0.299 e. The summed E-state index contributed by atoms with van der Waals surface area (Å²) in [7, 11) is 0. The summed E-state index contributed by atoms with van der Waals surface area (Å²) in [5, 5.41) is 0. The lowest BCUT2D eigenvalue weighted by Crippen LogP contribution is -2.15. The number of benzene rings is 1. The maximum absolute atomic E-state index is 13.3. The minimum Gasteiger partial charge on any atom is -0.299 e. The lowest BCUT2D eigenvalue weighted by Gasteiger charge is -2.07. The third kappa shape index (κ3) is 2.34. The van der Waals surface area contributed by atoms with Gasteiger partial charge in [-0.3, -0.25) is 14.4 Å². The van der Waals surface area contributed by atoms with Crippen LogP contribution in [0.5, 0.6) is 0 Å². The van der Waals surface area contributed by atoms with Gasteiger partial charge in [-0.2, -0.15) is 0 Å². The Hall–Kier alpha value is -1.91. The highest BCUT2D eigenvalue weighted by atomic mass is 19.1. The lowest BCUT2D eigenvalue weighted by atomic mass is 9.96. The van der Waals surface area contributed by atoms with Gasteiger partial charge in [-0.1, -0.05) is 6.07 Å². The average Bonchev–Trinajstić information content (AvgIpc) is 2.57. The Morgan fingerprint density at radius 3 is 2.33 bits per heavy atom. The van der Waals surface area contributed by atoms with Crippen LogP contribution in [0.3, 0.4) is 0 Å². The van der Waals surface area contributed by atoms with Crippen molar-refractivity contribution in [3.63, 3.8) is 0 Å². The molecule has 1 aliphatic rings. The van der Waals surface area contributed by atoms with Crippen molar-refractivity contribution in [2.24, 2.45) is 5.92 Å². The van der Waals surface area contributed by atoms with Crippen molar-refractivity contribution >= 4 is 17.3 Å². The van der Waals surface area contributed by atoms with E-state index in [2.05, 4.69) is 0 Å². The van der Waals surface area contributed by atoms with Crippen molar-refractivity contribution in [3.8, 4) is 0 Å². The van der Waals surface area contributed by atoms with E-state index in [9.17, 15) is 23.2 Å². The first kappa shape index (κ1) is 12.5. The molecule has 0 amide bonds. The molecule has 94 valence electrons. The Morgan fingerprint density at radius 2 is 1.83 bits per heavy atom. The summed E-state index contributed by atoms with van der Waals surface area (Å²) in [5.74, 6) is -3.96. The van der Waals surface area contributed by atoms with Gasteiger partial charge >= 0.3 is 0 Å². The van der Waals surface area contributed by atoms with Crippen LogP contribution in [0.15, 0.2) is 18.2 Å². The van der Waals surface area contributed by atoms with E-state index in [1.165, 1.54) is 0 Å². The Balaban J connectivity index is 2.18. The second-order valence-electron chi connectivity index (χ2n) is 4.31. The lowest BCUT2D eigenvalue weighted by molar-refractivity contribution is -0.122. The number of hydrogen-bond acceptors (Lipinski definition) is 3. The van der Waals surface area contributed by atoms with Gasteiger partial charge in [0.1, 0.15) is 23.2 Å². The maximum Gasteiger partial charge on any atom is 0.169 e. The molecule has 1 unspecified atom stereocenters. The Labute approximate surface area is 102 Å². The quantitative estimate of drug-likeness (QED) is 0.611. The normalized spacial score (nSPS) is 19.3. The molecule has 18 heavy (non-hydrogen) atoms. The van der Waals surface area contributed by atoms with Crippen LogP contribution >= 0.6 is 0 Å². The number of carbonyl (C=O) groups is 3. The van der Waals surface area contributed by atoms with E-state index in [0.717, 1.165) is 18.2 Å². The fourth-order valence-corrected chi connectivity index (χ4v) is 2.08. The van der Waals surface area contributed by atoms with E-state index in [0.29, 0.717) is 0 Å². The Kier molecular flexibility index (Phi) is 3.32. The highest BCUT2D eigenvalue weighted by molar-refractivity contribution is 6.09. The molecule has 0 heterocycles. The summed E-state index contributed by atoms with van der Waals surface area (Å²) in [6.45, 7) is 0. The standard InChI is InChI=1S/C13H10F2O3/c14-9-2-1-3-10(15)13(9)12(18)5-7-4-8(16)6-11(7)17/h1-3,7H,4-6H2. The van der Waals surface area contributed by atoms with Crippen LogP contribution in [0, 0.1) is 17.6 Å². The van der Waals surface area contributed by atoms with Crippen molar-refractivity contribution in [1.29, 1.82) is 0 Å². The van der Waals surface area contributed by atoms with Crippen molar-refractivity contribution in [2.45, 2.75) is 19.3 Å². The van der Waals surface area contributed by atoms with Gasteiger partial charge in [-0.25, -0.2) is 8.78 Å². The van der Waals surface area contributed by atoms with Crippen LogP contribution in [0.1, 0.15) is 29.6 Å². The molecule has 0 bridgehead atoms. The summed E-state index contributed by atoms with van der Waals surface area (Å²) in [5.41, 5.74) is -0.635. The molecule has 5 heteroatoms. The fraction of sp³-hybridized carbons (Fsp3) is 0.308. The Bertz CT molecular complexity index is 517. The second-order valence-corrected chi connectivity index (χ2v) is 4.31. The molecule has 3 nitrogen and oxygen atoms in total. The van der Waals surface area contributed by atoms with Gasteiger partial charge in [-0.15, -0.1) is 0 Å². The van der Waals surface area contributed by atoms with Crippen molar-refractivity contribution < 1.29 is 23.2 Å². The predicted octanol–water partition coefficient (Wildman–Crippen LogP) is 2.09. The summed E-state index contributed by atoms with van der Waals surface area (Å²) >= 11 is 0. The number of halogens is 2. The smallest absolute Gasteiger partial charge is 0.169 e. The highest BCUT2D eigenvalue weighted by Gasteiger charge is 2.33. The van der Waals surface area contributed by atoms with Gasteiger partial charge < -0.3 is 0 Å². The van der Waals surface area contributed by atoms with Gasteiger partial charge in [0.2, 0.25) is 0 Å². The van der Waals surface area contributed by atoms with Crippen molar-refractivity contribution in [1.82, 2.24) is 0 Å². The average molecular weight is 252 g/mol. The first-order valence-corrected chi connectivity index (χ1v) is 5.50. The highest BCUT2D eigenvalue weighted by Crippen LogP contribution is 2.25. The third-order valence-electron chi connectivity index (χ3n) is 2.97. The summed E-state index contributed by atoms with van der Waals surface area (Å²) in [4.78, 5) is 34.1. The molecule has 0 aromatic heterocycles. The number of Topliss-reactive ketones (excluding diaryl/α,β-unsaturated/α-hetero) is 3. The number of rotatable bonds is 3. The molecule has 1 saturated carbocycles. The first-order chi connectivity index (χ1) is 8.49. The second kappa shape index (κ2) is 4.76. The van der Waals surface area contributed by atoms with Gasteiger partial charge in [0.25, 0.3) is 0 Å². The molecule has 0 aliphatic heterocycles. The molecular weight excluding hydrogens is 242 g/mol. The van der Waals surface area contributed by atoms with E-state index in [1.807, 2.05) is 0 Å². The van der Waals surface area contributed by atoms with Crippen LogP contribution in [0.2, 0.25) is 0 Å². The van der Waals surface area contributed by atoms with E-state index >= 15 is 0 Å². The number of carbonyl (C=O) groups excluding carboxylic acids is 3. The van der Waals surface area contributed by atoms with Crippen LogP contribution < -0.4 is 0 Å². The van der Waals surface area contributed by atoms with Crippen molar-refractivity contribution in [2.75, 3.05) is 0 Å². The molecular formula is C13H10F2O3. The van der Waals surface area contributed by atoms with Crippen LogP contribution in [-0.2, 0) is 9.59 Å². The third-order valence-corrected chi connectivity index (χ3v) is 2.97. The van der Waals surface area contributed by atoms with E-state index in [4.69, 9.17) is 0 Å². The zero-order valence-electron chi connectivity index (χ0n) is 9.41. The van der Waals surface area contributed by atoms with Crippen LogP contribution in [0.25, 0.3) is 0 Å². The molecule has 1 atom stereocenters. The fourth-order valence-electron chi connectivity index (χ4n) is 2.08. The van der Waals surface area contributed by atoms with Crippen molar-refractivity contribution in [3.05, 3.63) is 35.4 Å². The number of ketones is 3. The van der Waals surface area contributed by atoms with E-state index in [1.54, 1.807) is 0 Å². The monoisotopic (exact) mass is 252 g/mol. The van der Waals surface area contributed by atoms with Gasteiger partial charge in [0.15, 0.2) is 5.78 Å². The SMILES string of the molecule is O=C1CC(=O)C(CC(=O)c2c(F)cccc2F)C1. The number of hydrogen-bond donors (Lipinski definition) is 0. The molecule has 0 N–H and O–H groups in total. The van der Waals surface area contributed by atoms with Gasteiger partial charge in [-0.05, 0) is 12.1 Å². The van der Waals surface area contributed by atoms with Crippen LogP contribution in [0.4, 0.5) is 8.78 Å². The van der Waals surface area contributed by atoms with E-state index < -0.39 is 28.9 Å². The molecule has 0 saturated heterocycles. The molecule has 0 radical (unpaired) electrons. The zero-order valence-corrected chi connectivity index (χ0v) is 9.41. The molecule has 0 spiro atoms. The molecule has 1 aromatic carbocycles. The molecule has 1 aliphatic carbocycles. The maximum atomic E-state index is 13.3. The molecule has 1 aromatic rings. The zero-order chi connectivity index (χ0) is 13.3. The first-order valence-electron chi connectivity index (χ1n) is 5.50. The molecule has 1 fully saturated rings. The summed E-state index contributed by atoms with van der Waals surface area (Å²) < 4.78 is 26.7. The van der Waals surface area contributed by atoms with Gasteiger partial charge in [0.05, 0.1) is 12.0 Å². The topological polar surface area (TPSA) is 51.2 Å². The minimum atomic E-state index is -0.947. The molecule has 2 rings (SSSR count). The summed E-state index contributed by atoms with van der Waals surface area (Å²) in [6, 6.07) is 3.13.